The zero-order chi connectivity index (χ0) is 16.9. The van der Waals surface area contributed by atoms with E-state index in [4.69, 9.17) is 0 Å². The van der Waals surface area contributed by atoms with Crippen LogP contribution in [0.15, 0.2) is 24.3 Å². The molecule has 1 heterocycles. The van der Waals surface area contributed by atoms with E-state index in [1.807, 2.05) is 0 Å². The van der Waals surface area contributed by atoms with Crippen molar-refractivity contribution in [1.82, 2.24) is 15.1 Å². The Labute approximate surface area is 137 Å². The molecule has 0 atom stereocenters. The summed E-state index contributed by atoms with van der Waals surface area (Å²) in [5.74, 6) is -1.86. The lowest BCUT2D eigenvalue weighted by Gasteiger charge is -2.11. The second kappa shape index (κ2) is 5.15. The van der Waals surface area contributed by atoms with Crippen LogP contribution in [0.3, 0.4) is 0 Å². The van der Waals surface area contributed by atoms with Crippen LogP contribution in [0.4, 0.5) is 4.39 Å². The molecule has 2 aliphatic carbocycles. The van der Waals surface area contributed by atoms with Crippen molar-refractivity contribution in [3.05, 3.63) is 47.0 Å². The van der Waals surface area contributed by atoms with Crippen molar-refractivity contribution in [3.8, 4) is 5.69 Å². The minimum absolute atomic E-state index is 0.249. The van der Waals surface area contributed by atoms with E-state index in [9.17, 15) is 19.1 Å². The van der Waals surface area contributed by atoms with Crippen molar-refractivity contribution in [3.63, 3.8) is 0 Å². The summed E-state index contributed by atoms with van der Waals surface area (Å²) in [6, 6.07) is 6.05. The second-order valence-corrected chi connectivity index (χ2v) is 6.36. The molecule has 0 bridgehead atoms. The maximum absolute atomic E-state index is 13.5. The van der Waals surface area contributed by atoms with E-state index in [1.165, 1.54) is 12.1 Å². The van der Waals surface area contributed by atoms with Crippen LogP contribution >= 0.6 is 0 Å². The van der Waals surface area contributed by atoms with Gasteiger partial charge in [0.1, 0.15) is 11.4 Å². The average Bonchev–Trinajstić information content (AvgIpc) is 3.02. The van der Waals surface area contributed by atoms with Gasteiger partial charge >= 0.3 is 5.97 Å². The van der Waals surface area contributed by atoms with Gasteiger partial charge in [-0.05, 0) is 50.3 Å². The largest absolute Gasteiger partial charge is 0.480 e. The van der Waals surface area contributed by atoms with Crippen molar-refractivity contribution >= 4 is 11.9 Å². The Kier molecular flexibility index (Phi) is 3.19. The van der Waals surface area contributed by atoms with Gasteiger partial charge in [-0.15, -0.1) is 0 Å². The highest BCUT2D eigenvalue weighted by atomic mass is 19.1. The first kappa shape index (κ1) is 14.9. The summed E-state index contributed by atoms with van der Waals surface area (Å²) in [4.78, 5) is 23.8. The molecule has 4 rings (SSSR count). The number of carbonyl (C=O) groups is 2. The first-order valence-corrected chi connectivity index (χ1v) is 7.93. The molecule has 24 heavy (non-hydrogen) atoms. The van der Waals surface area contributed by atoms with Crippen molar-refractivity contribution in [2.24, 2.45) is 0 Å². The van der Waals surface area contributed by atoms with E-state index < -0.39 is 17.4 Å². The minimum atomic E-state index is -1.15. The Balaban J connectivity index is 1.71. The van der Waals surface area contributed by atoms with Gasteiger partial charge in [0.05, 0.1) is 5.69 Å². The Hall–Kier alpha value is -2.70. The molecule has 2 aliphatic rings. The number of benzene rings is 1. The van der Waals surface area contributed by atoms with Crippen LogP contribution in [0.25, 0.3) is 5.69 Å². The number of nitrogens with one attached hydrogen (secondary N) is 1. The second-order valence-electron chi connectivity index (χ2n) is 6.36. The number of aromatic nitrogens is 2. The average molecular weight is 329 g/mol. The molecular formula is C17H16FN3O3. The van der Waals surface area contributed by atoms with Gasteiger partial charge in [0.25, 0.3) is 5.91 Å². The lowest BCUT2D eigenvalue weighted by Crippen LogP contribution is -2.43. The molecule has 0 spiro atoms. The lowest BCUT2D eigenvalue weighted by atomic mass is 10.1. The molecule has 2 N–H and O–H groups in total. The number of halogens is 1. The number of hydrogen-bond acceptors (Lipinski definition) is 3. The van der Waals surface area contributed by atoms with Crippen molar-refractivity contribution in [1.29, 1.82) is 0 Å². The normalized spacial score (nSPS) is 17.4. The maximum Gasteiger partial charge on any atom is 0.329 e. The van der Waals surface area contributed by atoms with Gasteiger partial charge < -0.3 is 10.4 Å². The quantitative estimate of drug-likeness (QED) is 0.896. The molecule has 124 valence electrons. The Morgan fingerprint density at radius 1 is 1.29 bits per heavy atom. The summed E-state index contributed by atoms with van der Waals surface area (Å²) in [5, 5.41) is 16.2. The van der Waals surface area contributed by atoms with Crippen LogP contribution in [0.5, 0.6) is 0 Å². The highest BCUT2D eigenvalue weighted by Crippen LogP contribution is 2.36. The third-order valence-electron chi connectivity index (χ3n) is 4.71. The SMILES string of the molecule is O=C(NC1(C(=O)O)CC1)c1nn(-c2cccc(F)c2)c2c1CCC2. The van der Waals surface area contributed by atoms with Crippen LogP contribution in [-0.2, 0) is 17.6 Å². The van der Waals surface area contributed by atoms with Gasteiger partial charge in [0, 0.05) is 11.3 Å². The van der Waals surface area contributed by atoms with E-state index >= 15 is 0 Å². The first-order chi connectivity index (χ1) is 11.5. The number of carbonyl (C=O) groups excluding carboxylic acids is 1. The van der Waals surface area contributed by atoms with Crippen LogP contribution in [-0.4, -0.2) is 32.3 Å². The third kappa shape index (κ3) is 2.28. The van der Waals surface area contributed by atoms with Crippen LogP contribution in [0.1, 0.15) is 41.0 Å². The Morgan fingerprint density at radius 2 is 2.08 bits per heavy atom. The highest BCUT2D eigenvalue weighted by Gasteiger charge is 2.52. The van der Waals surface area contributed by atoms with Crippen molar-refractivity contribution in [2.45, 2.75) is 37.6 Å². The molecule has 1 fully saturated rings. The third-order valence-corrected chi connectivity index (χ3v) is 4.71. The van der Waals surface area contributed by atoms with Crippen LogP contribution in [0, 0.1) is 5.82 Å². The molecule has 6 nitrogen and oxygen atoms in total. The number of aliphatic carboxylic acids is 1. The molecule has 2 aromatic rings. The molecule has 1 aromatic carbocycles. The molecule has 0 unspecified atom stereocenters. The number of fused-ring (bicyclic) bond motifs is 1. The smallest absolute Gasteiger partial charge is 0.329 e. The van der Waals surface area contributed by atoms with Gasteiger partial charge in [-0.25, -0.2) is 13.9 Å². The van der Waals surface area contributed by atoms with Gasteiger partial charge in [0.2, 0.25) is 0 Å². The number of nitrogens with zero attached hydrogens (tertiary/aromatic N) is 2. The van der Waals surface area contributed by atoms with Crippen molar-refractivity contribution in [2.75, 3.05) is 0 Å². The number of carboxylic acid groups (broad SMARTS) is 1. The van der Waals surface area contributed by atoms with Crippen molar-refractivity contribution < 1.29 is 19.1 Å². The van der Waals surface area contributed by atoms with E-state index in [0.717, 1.165) is 24.1 Å². The minimum Gasteiger partial charge on any atom is -0.480 e. The zero-order valence-electron chi connectivity index (χ0n) is 12.9. The first-order valence-electron chi connectivity index (χ1n) is 7.93. The summed E-state index contributed by atoms with van der Waals surface area (Å²) in [6.45, 7) is 0. The fraction of sp³-hybridized carbons (Fsp3) is 0.353. The predicted octanol–water partition coefficient (Wildman–Crippen LogP) is 1.85. The molecule has 1 amide bonds. The molecule has 0 radical (unpaired) electrons. The fourth-order valence-corrected chi connectivity index (χ4v) is 3.24. The molecule has 1 aromatic heterocycles. The maximum atomic E-state index is 13.5. The monoisotopic (exact) mass is 329 g/mol. The lowest BCUT2D eigenvalue weighted by molar-refractivity contribution is -0.140. The molecular weight excluding hydrogens is 313 g/mol. The van der Waals surface area contributed by atoms with E-state index in [2.05, 4.69) is 10.4 Å². The van der Waals surface area contributed by atoms with Gasteiger partial charge in [-0.3, -0.25) is 4.79 Å². The van der Waals surface area contributed by atoms with E-state index in [0.29, 0.717) is 24.9 Å². The summed E-state index contributed by atoms with van der Waals surface area (Å²) >= 11 is 0. The van der Waals surface area contributed by atoms with Crippen LogP contribution < -0.4 is 5.32 Å². The standard InChI is InChI=1S/C17H16FN3O3/c18-10-3-1-4-11(9-10)21-13-6-2-5-12(13)14(20-21)15(22)19-17(7-8-17)16(23)24/h1,3-4,9H,2,5-8H2,(H,19,22)(H,23,24). The fourth-order valence-electron chi connectivity index (χ4n) is 3.24. The highest BCUT2D eigenvalue weighted by molar-refractivity contribution is 5.99. The Morgan fingerprint density at radius 3 is 2.75 bits per heavy atom. The van der Waals surface area contributed by atoms with E-state index in [-0.39, 0.29) is 11.5 Å². The predicted molar refractivity (Wildman–Crippen MR) is 82.6 cm³/mol. The Bertz CT molecular complexity index is 855. The zero-order valence-corrected chi connectivity index (χ0v) is 12.9. The topological polar surface area (TPSA) is 84.2 Å². The number of rotatable bonds is 4. The summed E-state index contributed by atoms with van der Waals surface area (Å²) in [7, 11) is 0. The van der Waals surface area contributed by atoms with E-state index in [1.54, 1.807) is 16.8 Å². The molecule has 7 heteroatoms. The number of carboxylic acids is 1. The molecule has 1 saturated carbocycles. The van der Waals surface area contributed by atoms with Gasteiger partial charge in [-0.2, -0.15) is 5.10 Å². The molecule has 0 aliphatic heterocycles. The summed E-state index contributed by atoms with van der Waals surface area (Å²) in [6.07, 6.45) is 3.23. The number of amides is 1. The van der Waals surface area contributed by atoms with Crippen LogP contribution in [0.2, 0.25) is 0 Å². The van der Waals surface area contributed by atoms with Gasteiger partial charge in [-0.1, -0.05) is 6.07 Å². The summed E-state index contributed by atoms with van der Waals surface area (Å²) in [5.41, 5.74) is 1.39. The summed E-state index contributed by atoms with van der Waals surface area (Å²) < 4.78 is 15.1. The molecule has 0 saturated heterocycles. The number of hydrogen-bond donors (Lipinski definition) is 2. The van der Waals surface area contributed by atoms with Gasteiger partial charge in [0.15, 0.2) is 5.69 Å².